The first-order valence-electron chi connectivity index (χ1n) is 11.4. The summed E-state index contributed by atoms with van der Waals surface area (Å²) in [6.45, 7) is 5.16. The van der Waals surface area contributed by atoms with Crippen molar-refractivity contribution in [2.24, 2.45) is 0 Å². The first-order valence-corrected chi connectivity index (χ1v) is 11.4. The van der Waals surface area contributed by atoms with Gasteiger partial charge in [-0.25, -0.2) is 14.4 Å². The molecule has 0 atom stereocenters. The van der Waals surface area contributed by atoms with Gasteiger partial charge in [-0.2, -0.15) is 0 Å². The number of likely N-dealkylation sites (tertiary alicyclic amines) is 1. The van der Waals surface area contributed by atoms with Gasteiger partial charge >= 0.3 is 0 Å². The first kappa shape index (κ1) is 22.4. The van der Waals surface area contributed by atoms with Crippen LogP contribution in [0.25, 0.3) is 0 Å². The third kappa shape index (κ3) is 4.00. The number of nitrogens with zero attached hydrogens (tertiary/aromatic N) is 3. The summed E-state index contributed by atoms with van der Waals surface area (Å²) in [5.41, 5.74) is 0.982. The maximum absolute atomic E-state index is 14.0. The van der Waals surface area contributed by atoms with Crippen LogP contribution in [-0.2, 0) is 15.6 Å². The van der Waals surface area contributed by atoms with Crippen LogP contribution in [0.2, 0.25) is 0 Å². The van der Waals surface area contributed by atoms with E-state index in [1.54, 1.807) is 19.2 Å². The second kappa shape index (κ2) is 8.60. The molecule has 2 fully saturated rings. The number of carbonyl (C=O) groups excluding carboxylic acids is 2. The molecule has 1 aliphatic carbocycles. The second-order valence-corrected chi connectivity index (χ2v) is 9.45. The minimum atomic E-state index is -0.623. The summed E-state index contributed by atoms with van der Waals surface area (Å²) >= 11 is 0. The zero-order valence-electron chi connectivity index (χ0n) is 19.1. The van der Waals surface area contributed by atoms with Crippen LogP contribution < -0.4 is 5.32 Å². The molecule has 1 aliphatic heterocycles. The van der Waals surface area contributed by atoms with E-state index in [4.69, 9.17) is 0 Å². The molecule has 0 radical (unpaired) electrons. The van der Waals surface area contributed by atoms with Crippen LogP contribution >= 0.6 is 0 Å². The van der Waals surface area contributed by atoms with Gasteiger partial charge in [0.1, 0.15) is 17.3 Å². The number of carbonyl (C=O) groups is 2. The monoisotopic (exact) mass is 438 g/mol. The summed E-state index contributed by atoms with van der Waals surface area (Å²) in [4.78, 5) is 37.0. The molecule has 6 nitrogen and oxygen atoms in total. The van der Waals surface area contributed by atoms with Crippen LogP contribution in [0, 0.1) is 12.7 Å². The maximum Gasteiger partial charge on any atom is 0.269 e. The van der Waals surface area contributed by atoms with Gasteiger partial charge in [0.05, 0.1) is 5.41 Å². The standard InChI is InChI=1S/C25H31FN4O2/c1-17-15-20(21(31)27-3)29-22(28-17)24(2)11-13-30(14-12-24)23(32)25(9-4-5-10-25)18-7-6-8-19(26)16-18/h6-8,15-16H,4-5,9-14H2,1-3H3,(H,27,31). The Morgan fingerprint density at radius 2 is 1.75 bits per heavy atom. The molecule has 2 heterocycles. The van der Waals surface area contributed by atoms with E-state index < -0.39 is 5.41 Å². The highest BCUT2D eigenvalue weighted by Crippen LogP contribution is 2.44. The number of halogens is 1. The minimum Gasteiger partial charge on any atom is -0.354 e. The number of piperidine rings is 1. The summed E-state index contributed by atoms with van der Waals surface area (Å²) in [6.07, 6.45) is 4.92. The molecule has 0 spiro atoms. The van der Waals surface area contributed by atoms with Gasteiger partial charge in [-0.15, -0.1) is 0 Å². The van der Waals surface area contributed by atoms with E-state index in [9.17, 15) is 14.0 Å². The average molecular weight is 439 g/mol. The predicted molar refractivity (Wildman–Crippen MR) is 120 cm³/mol. The zero-order chi connectivity index (χ0) is 22.9. The Bertz CT molecular complexity index is 1020. The number of rotatable bonds is 4. The molecule has 2 aliphatic rings. The van der Waals surface area contributed by atoms with Crippen molar-refractivity contribution >= 4 is 11.8 Å². The number of nitrogens with one attached hydrogen (secondary N) is 1. The normalized spacial score (nSPS) is 19.6. The summed E-state index contributed by atoms with van der Waals surface area (Å²) in [5, 5.41) is 2.62. The van der Waals surface area contributed by atoms with Crippen molar-refractivity contribution in [2.75, 3.05) is 20.1 Å². The van der Waals surface area contributed by atoms with Gasteiger partial charge in [0, 0.05) is 31.2 Å². The molecule has 170 valence electrons. The van der Waals surface area contributed by atoms with E-state index in [0.717, 1.165) is 36.9 Å². The molecule has 1 saturated carbocycles. The number of benzene rings is 1. The predicted octanol–water partition coefficient (Wildman–Crippen LogP) is 3.68. The van der Waals surface area contributed by atoms with Gasteiger partial charge in [0.25, 0.3) is 5.91 Å². The highest BCUT2D eigenvalue weighted by Gasteiger charge is 2.47. The SMILES string of the molecule is CNC(=O)c1cc(C)nc(C2(C)CCN(C(=O)C3(c4cccc(F)c4)CCCC3)CC2)n1. The Labute approximate surface area is 188 Å². The molecule has 0 unspecified atom stereocenters. The van der Waals surface area contributed by atoms with E-state index in [0.29, 0.717) is 37.4 Å². The lowest BCUT2D eigenvalue weighted by Crippen LogP contribution is -2.51. The Hall–Kier alpha value is -2.83. The van der Waals surface area contributed by atoms with Crippen LogP contribution in [0.3, 0.4) is 0 Å². The second-order valence-electron chi connectivity index (χ2n) is 9.45. The molecule has 32 heavy (non-hydrogen) atoms. The van der Waals surface area contributed by atoms with Crippen LogP contribution in [0.15, 0.2) is 30.3 Å². The molecule has 1 aromatic heterocycles. The van der Waals surface area contributed by atoms with E-state index in [1.807, 2.05) is 17.9 Å². The van der Waals surface area contributed by atoms with Gasteiger partial charge in [0.15, 0.2) is 0 Å². The van der Waals surface area contributed by atoms with Gasteiger partial charge in [-0.1, -0.05) is 31.9 Å². The van der Waals surface area contributed by atoms with Gasteiger partial charge in [-0.05, 0) is 56.4 Å². The molecule has 4 rings (SSSR count). The maximum atomic E-state index is 14.0. The quantitative estimate of drug-likeness (QED) is 0.790. The lowest BCUT2D eigenvalue weighted by atomic mass is 9.75. The van der Waals surface area contributed by atoms with Crippen LogP contribution in [0.1, 0.15) is 73.0 Å². The highest BCUT2D eigenvalue weighted by molar-refractivity contribution is 5.92. The summed E-state index contributed by atoms with van der Waals surface area (Å²) < 4.78 is 14.0. The Morgan fingerprint density at radius 3 is 2.38 bits per heavy atom. The lowest BCUT2D eigenvalue weighted by molar-refractivity contribution is -0.139. The molecule has 7 heteroatoms. The zero-order valence-corrected chi connectivity index (χ0v) is 19.1. The lowest BCUT2D eigenvalue weighted by Gasteiger charge is -2.42. The molecule has 1 N–H and O–H groups in total. The van der Waals surface area contributed by atoms with E-state index in [1.165, 1.54) is 12.1 Å². The van der Waals surface area contributed by atoms with Crippen molar-refractivity contribution in [3.05, 3.63) is 58.9 Å². The summed E-state index contributed by atoms with van der Waals surface area (Å²) in [7, 11) is 1.59. The fourth-order valence-electron chi connectivity index (χ4n) is 5.20. The third-order valence-electron chi connectivity index (χ3n) is 7.25. The largest absolute Gasteiger partial charge is 0.354 e. The van der Waals surface area contributed by atoms with E-state index in [2.05, 4.69) is 22.2 Å². The Kier molecular flexibility index (Phi) is 6.01. The Balaban J connectivity index is 1.55. The number of amides is 2. The summed E-state index contributed by atoms with van der Waals surface area (Å²) in [5.74, 6) is 0.241. The van der Waals surface area contributed by atoms with Crippen molar-refractivity contribution < 1.29 is 14.0 Å². The highest BCUT2D eigenvalue weighted by atomic mass is 19.1. The molecule has 0 bridgehead atoms. The number of aromatic nitrogens is 2. The topological polar surface area (TPSA) is 75.2 Å². The fourth-order valence-corrected chi connectivity index (χ4v) is 5.20. The molecular formula is C25H31FN4O2. The van der Waals surface area contributed by atoms with Crippen molar-refractivity contribution in [1.82, 2.24) is 20.2 Å². The first-order chi connectivity index (χ1) is 15.3. The average Bonchev–Trinajstić information content (AvgIpc) is 3.29. The van der Waals surface area contributed by atoms with Gasteiger partial charge in [-0.3, -0.25) is 9.59 Å². The van der Waals surface area contributed by atoms with Crippen LogP contribution in [0.4, 0.5) is 4.39 Å². The minimum absolute atomic E-state index is 0.110. The summed E-state index contributed by atoms with van der Waals surface area (Å²) in [6, 6.07) is 8.23. The molecule has 1 saturated heterocycles. The van der Waals surface area contributed by atoms with E-state index >= 15 is 0 Å². The molecule has 2 aromatic rings. The van der Waals surface area contributed by atoms with E-state index in [-0.39, 0.29) is 23.0 Å². The van der Waals surface area contributed by atoms with Crippen molar-refractivity contribution in [2.45, 2.75) is 63.2 Å². The van der Waals surface area contributed by atoms with Crippen LogP contribution in [-0.4, -0.2) is 46.8 Å². The molecule has 2 amide bonds. The van der Waals surface area contributed by atoms with Crippen molar-refractivity contribution in [3.8, 4) is 0 Å². The third-order valence-corrected chi connectivity index (χ3v) is 7.25. The Morgan fingerprint density at radius 1 is 1.06 bits per heavy atom. The molecule has 1 aromatic carbocycles. The molecular weight excluding hydrogens is 407 g/mol. The van der Waals surface area contributed by atoms with Crippen molar-refractivity contribution in [3.63, 3.8) is 0 Å². The fraction of sp³-hybridized carbons (Fsp3) is 0.520. The smallest absolute Gasteiger partial charge is 0.269 e. The van der Waals surface area contributed by atoms with Gasteiger partial charge in [0.2, 0.25) is 5.91 Å². The van der Waals surface area contributed by atoms with Crippen LogP contribution in [0.5, 0.6) is 0 Å². The number of hydrogen-bond acceptors (Lipinski definition) is 4. The van der Waals surface area contributed by atoms with Crippen molar-refractivity contribution in [1.29, 1.82) is 0 Å². The van der Waals surface area contributed by atoms with Gasteiger partial charge < -0.3 is 10.2 Å². The number of hydrogen-bond donors (Lipinski definition) is 1. The number of aryl methyl sites for hydroxylation is 1.